The van der Waals surface area contributed by atoms with Crippen molar-refractivity contribution in [2.45, 2.75) is 12.8 Å². The van der Waals surface area contributed by atoms with Gasteiger partial charge in [-0.05, 0) is 12.1 Å². The predicted octanol–water partition coefficient (Wildman–Crippen LogP) is 3.35. The molecule has 0 aliphatic carbocycles. The van der Waals surface area contributed by atoms with E-state index >= 15 is 0 Å². The summed E-state index contributed by atoms with van der Waals surface area (Å²) >= 11 is 2.04. The zero-order chi connectivity index (χ0) is 34.8. The summed E-state index contributed by atoms with van der Waals surface area (Å²) in [5, 5.41) is 65.7. The molecular weight excluding hydrogens is 684 g/mol. The van der Waals surface area contributed by atoms with E-state index in [1.54, 1.807) is 0 Å². The van der Waals surface area contributed by atoms with Crippen molar-refractivity contribution in [2.24, 2.45) is 0 Å². The Morgan fingerprint density at radius 2 is 1.00 bits per heavy atom. The van der Waals surface area contributed by atoms with Crippen molar-refractivity contribution in [3.05, 3.63) is 98.0 Å². The number of non-ortho nitro benzene ring substituents is 2. The summed E-state index contributed by atoms with van der Waals surface area (Å²) in [4.78, 5) is 66.0. The van der Waals surface area contributed by atoms with Gasteiger partial charge in [0.1, 0.15) is 21.1 Å². The van der Waals surface area contributed by atoms with Gasteiger partial charge in [-0.2, -0.15) is 0 Å². The second-order valence-electron chi connectivity index (χ2n) is 9.07. The number of nitro benzene ring substituents is 4. The van der Waals surface area contributed by atoms with Crippen molar-refractivity contribution < 1.29 is 38.8 Å². The quantitative estimate of drug-likeness (QED) is 0.0904. The Labute approximate surface area is 274 Å². The van der Waals surface area contributed by atoms with Gasteiger partial charge in [-0.1, -0.05) is 22.7 Å². The molecule has 0 atom stereocenters. The largest absolute Gasteiger partial charge is 0.379 e. The van der Waals surface area contributed by atoms with E-state index in [2.05, 4.69) is 31.0 Å². The molecule has 48 heavy (non-hydrogen) atoms. The number of nitro groups is 4. The number of amides is 2. The van der Waals surface area contributed by atoms with Crippen molar-refractivity contribution in [3.63, 3.8) is 0 Å². The topological polar surface area (TPSA) is 301 Å². The first-order valence-corrected chi connectivity index (χ1v) is 14.8. The van der Waals surface area contributed by atoms with Gasteiger partial charge in [0.2, 0.25) is 10.3 Å². The molecule has 0 spiro atoms. The van der Waals surface area contributed by atoms with Gasteiger partial charge in [0.05, 0.1) is 58.3 Å². The van der Waals surface area contributed by atoms with Crippen molar-refractivity contribution in [3.8, 4) is 0 Å². The Morgan fingerprint density at radius 3 is 1.35 bits per heavy atom. The van der Waals surface area contributed by atoms with Gasteiger partial charge in [0.25, 0.3) is 34.6 Å². The van der Waals surface area contributed by atoms with Crippen LogP contribution >= 0.6 is 22.7 Å². The molecule has 2 aromatic carbocycles. The summed E-state index contributed by atoms with van der Waals surface area (Å²) in [5.74, 6) is -1.76. The summed E-state index contributed by atoms with van der Waals surface area (Å²) in [6.45, 7) is 0.952. The number of carbonyl (C=O) groups is 2. The standard InChI is InChI=1S/C24H20N10O12S2/c35-21(15-3-1-13(31(37)38)11-17(15)33(41)42)25-23-29-27-19(47-23)5-7-45-9-10-46-8-6-20-28-30-24(48-20)26-22(36)16-4-2-14(32(39)40)12-18(16)34(43)44/h1-4,11-12H,5-10H2,(H,25,29,35)(H,26,30,36). The van der Waals surface area contributed by atoms with Crippen LogP contribution in [0.1, 0.15) is 30.7 Å². The fraction of sp³-hybridized carbons (Fsp3) is 0.250. The third kappa shape index (κ3) is 9.28. The van der Waals surface area contributed by atoms with E-state index in [4.69, 9.17) is 9.47 Å². The lowest BCUT2D eigenvalue weighted by Gasteiger charge is -2.04. The van der Waals surface area contributed by atoms with Crippen LogP contribution in [0, 0.1) is 40.5 Å². The number of carbonyl (C=O) groups excluding carboxylic acids is 2. The van der Waals surface area contributed by atoms with Crippen molar-refractivity contribution in [1.82, 2.24) is 20.4 Å². The van der Waals surface area contributed by atoms with Gasteiger partial charge in [-0.15, -0.1) is 20.4 Å². The lowest BCUT2D eigenvalue weighted by Crippen LogP contribution is -2.14. The van der Waals surface area contributed by atoms with E-state index in [1.165, 1.54) is 0 Å². The zero-order valence-electron chi connectivity index (χ0n) is 24.0. The number of hydrogen-bond donors (Lipinski definition) is 2. The molecule has 0 aliphatic rings. The number of ether oxygens (including phenoxy) is 2. The zero-order valence-corrected chi connectivity index (χ0v) is 25.6. The van der Waals surface area contributed by atoms with E-state index in [1.807, 2.05) is 0 Å². The predicted molar refractivity (Wildman–Crippen MR) is 164 cm³/mol. The molecule has 250 valence electrons. The second kappa shape index (κ2) is 16.0. The smallest absolute Gasteiger partial charge is 0.289 e. The van der Waals surface area contributed by atoms with Gasteiger partial charge in [-0.3, -0.25) is 60.7 Å². The highest BCUT2D eigenvalue weighted by atomic mass is 32.1. The van der Waals surface area contributed by atoms with Crippen molar-refractivity contribution in [1.29, 1.82) is 0 Å². The third-order valence-electron chi connectivity index (χ3n) is 5.93. The van der Waals surface area contributed by atoms with Gasteiger partial charge in [0.15, 0.2) is 0 Å². The molecule has 0 unspecified atom stereocenters. The maximum absolute atomic E-state index is 12.5. The minimum absolute atomic E-state index is 0.0676. The molecule has 0 saturated heterocycles. The lowest BCUT2D eigenvalue weighted by molar-refractivity contribution is -0.394. The SMILES string of the molecule is O=C(Nc1nnc(CCOCCOCCc2nnc(NC(=O)c3ccc([N+](=O)[O-])cc3[N+](=O)[O-])s2)s1)c1ccc([N+](=O)[O-])cc1[N+](=O)[O-]. The molecule has 0 radical (unpaired) electrons. The Kier molecular flexibility index (Phi) is 11.6. The Bertz CT molecular complexity index is 1750. The van der Waals surface area contributed by atoms with E-state index < -0.39 is 54.3 Å². The molecule has 22 nitrogen and oxygen atoms in total. The Hall–Kier alpha value is -5.98. The molecule has 0 fully saturated rings. The van der Waals surface area contributed by atoms with Crippen LogP contribution in [0.4, 0.5) is 33.0 Å². The molecule has 24 heteroatoms. The lowest BCUT2D eigenvalue weighted by atomic mass is 10.1. The van der Waals surface area contributed by atoms with Crippen LogP contribution in [0.25, 0.3) is 0 Å². The number of rotatable bonds is 17. The molecule has 2 amide bonds. The fourth-order valence-electron chi connectivity index (χ4n) is 3.73. The summed E-state index contributed by atoms with van der Waals surface area (Å²) in [6, 6.07) is 5.32. The average Bonchev–Trinajstić information content (AvgIpc) is 3.70. The third-order valence-corrected chi connectivity index (χ3v) is 7.73. The van der Waals surface area contributed by atoms with Gasteiger partial charge < -0.3 is 9.47 Å². The van der Waals surface area contributed by atoms with Crippen molar-refractivity contribution >= 4 is 67.5 Å². The number of anilines is 2. The van der Waals surface area contributed by atoms with Crippen LogP contribution in [-0.4, -0.2) is 78.3 Å². The minimum Gasteiger partial charge on any atom is -0.379 e. The molecule has 4 aromatic rings. The number of benzene rings is 2. The van der Waals surface area contributed by atoms with Crippen LogP contribution in [0.15, 0.2) is 36.4 Å². The molecule has 0 aliphatic heterocycles. The fourth-order valence-corrected chi connectivity index (χ4v) is 5.16. The number of nitrogens with zero attached hydrogens (tertiary/aromatic N) is 8. The van der Waals surface area contributed by atoms with E-state index in [-0.39, 0.29) is 47.8 Å². The molecule has 4 rings (SSSR count). The monoisotopic (exact) mass is 704 g/mol. The maximum Gasteiger partial charge on any atom is 0.289 e. The van der Waals surface area contributed by atoms with E-state index in [0.29, 0.717) is 35.0 Å². The highest BCUT2D eigenvalue weighted by Crippen LogP contribution is 2.27. The van der Waals surface area contributed by atoms with Gasteiger partial charge in [0, 0.05) is 25.0 Å². The number of hydrogen-bond acceptors (Lipinski definition) is 18. The Balaban J connectivity index is 1.14. The maximum atomic E-state index is 12.5. The number of nitrogens with one attached hydrogen (secondary N) is 2. The van der Waals surface area contributed by atoms with Crippen LogP contribution in [0.3, 0.4) is 0 Å². The van der Waals surface area contributed by atoms with Gasteiger partial charge >= 0.3 is 0 Å². The first-order chi connectivity index (χ1) is 22.9. The molecule has 2 aromatic heterocycles. The number of aromatic nitrogens is 4. The minimum atomic E-state index is -0.894. The molecule has 0 bridgehead atoms. The highest BCUT2D eigenvalue weighted by Gasteiger charge is 2.26. The van der Waals surface area contributed by atoms with E-state index in [9.17, 15) is 50.0 Å². The normalized spacial score (nSPS) is 10.8. The highest BCUT2D eigenvalue weighted by molar-refractivity contribution is 7.15. The Morgan fingerprint density at radius 1 is 0.604 bits per heavy atom. The molecular formula is C24H20N10O12S2. The average molecular weight is 705 g/mol. The molecule has 2 heterocycles. The molecule has 2 N–H and O–H groups in total. The second-order valence-corrected chi connectivity index (χ2v) is 11.2. The summed E-state index contributed by atoms with van der Waals surface area (Å²) in [5.41, 5.74) is -3.27. The van der Waals surface area contributed by atoms with Crippen LogP contribution in [0.5, 0.6) is 0 Å². The van der Waals surface area contributed by atoms with Crippen LogP contribution < -0.4 is 10.6 Å². The first kappa shape index (κ1) is 34.9. The van der Waals surface area contributed by atoms with Crippen LogP contribution in [0.2, 0.25) is 0 Å². The van der Waals surface area contributed by atoms with Crippen molar-refractivity contribution in [2.75, 3.05) is 37.1 Å². The summed E-state index contributed by atoms with van der Waals surface area (Å²) < 4.78 is 11.0. The van der Waals surface area contributed by atoms with Crippen LogP contribution in [-0.2, 0) is 22.3 Å². The summed E-state index contributed by atoms with van der Waals surface area (Å²) in [7, 11) is 0. The van der Waals surface area contributed by atoms with Gasteiger partial charge in [-0.25, -0.2) is 0 Å². The van der Waals surface area contributed by atoms with E-state index in [0.717, 1.165) is 46.9 Å². The summed E-state index contributed by atoms with van der Waals surface area (Å²) in [6.07, 6.45) is 0.682. The first-order valence-electron chi connectivity index (χ1n) is 13.2. The molecule has 0 saturated carbocycles.